The third-order valence-corrected chi connectivity index (χ3v) is 4.02. The zero-order chi connectivity index (χ0) is 21.2. The van der Waals surface area contributed by atoms with Crippen molar-refractivity contribution in [2.45, 2.75) is 26.7 Å². The summed E-state index contributed by atoms with van der Waals surface area (Å²) >= 11 is 0. The van der Waals surface area contributed by atoms with Crippen LogP contribution in [0, 0.1) is 13.8 Å². The predicted molar refractivity (Wildman–Crippen MR) is 107 cm³/mol. The highest BCUT2D eigenvalue weighted by Gasteiger charge is 2.13. The highest BCUT2D eigenvalue weighted by molar-refractivity contribution is 5.96. The van der Waals surface area contributed by atoms with Crippen LogP contribution in [0.5, 0.6) is 0 Å². The molecule has 0 radical (unpaired) electrons. The number of benzene rings is 2. The van der Waals surface area contributed by atoms with Crippen LogP contribution >= 0.6 is 0 Å². The van der Waals surface area contributed by atoms with E-state index in [1.165, 1.54) is 0 Å². The lowest BCUT2D eigenvalue weighted by Crippen LogP contribution is -2.43. The van der Waals surface area contributed by atoms with Gasteiger partial charge in [0.25, 0.3) is 11.8 Å². The molecule has 0 aromatic heterocycles. The van der Waals surface area contributed by atoms with Crippen LogP contribution in [0.15, 0.2) is 48.5 Å². The van der Waals surface area contributed by atoms with Crippen LogP contribution in [-0.2, 0) is 19.1 Å². The average Bonchev–Trinajstić information content (AvgIpc) is 2.72. The molecule has 29 heavy (non-hydrogen) atoms. The summed E-state index contributed by atoms with van der Waals surface area (Å²) in [5.74, 6) is -2.19. The Hall–Kier alpha value is -3.68. The molecule has 2 aromatic rings. The first kappa shape index (κ1) is 21.6. The first-order valence-electron chi connectivity index (χ1n) is 9.02. The molecule has 0 heterocycles. The average molecular weight is 397 g/mol. The van der Waals surface area contributed by atoms with Crippen molar-refractivity contribution in [2.24, 2.45) is 0 Å². The van der Waals surface area contributed by atoms with Gasteiger partial charge in [0.2, 0.25) is 5.91 Å². The van der Waals surface area contributed by atoms with Crippen molar-refractivity contribution >= 4 is 29.4 Å². The van der Waals surface area contributed by atoms with Crippen molar-refractivity contribution in [1.82, 2.24) is 10.9 Å². The molecule has 8 nitrogen and oxygen atoms in total. The van der Waals surface area contributed by atoms with Gasteiger partial charge in [0.1, 0.15) is 0 Å². The van der Waals surface area contributed by atoms with Crippen LogP contribution in [0.2, 0.25) is 0 Å². The van der Waals surface area contributed by atoms with Gasteiger partial charge in [0.15, 0.2) is 6.61 Å². The van der Waals surface area contributed by atoms with Crippen molar-refractivity contribution in [1.29, 1.82) is 0 Å². The van der Waals surface area contributed by atoms with Crippen molar-refractivity contribution in [3.8, 4) is 0 Å². The van der Waals surface area contributed by atoms with Crippen LogP contribution < -0.4 is 16.2 Å². The fourth-order valence-electron chi connectivity index (χ4n) is 2.47. The zero-order valence-corrected chi connectivity index (χ0v) is 16.3. The van der Waals surface area contributed by atoms with Crippen LogP contribution in [0.4, 0.5) is 5.69 Å². The van der Waals surface area contributed by atoms with Crippen molar-refractivity contribution < 1.29 is 23.9 Å². The summed E-state index contributed by atoms with van der Waals surface area (Å²) in [5, 5.41) is 2.77. The molecule has 0 unspecified atom stereocenters. The number of anilines is 1. The lowest BCUT2D eigenvalue weighted by Gasteiger charge is -2.11. The summed E-state index contributed by atoms with van der Waals surface area (Å²) in [4.78, 5) is 47.2. The highest BCUT2D eigenvalue weighted by atomic mass is 16.5. The van der Waals surface area contributed by atoms with E-state index in [1.54, 1.807) is 30.3 Å². The Labute approximate surface area is 168 Å². The first-order valence-corrected chi connectivity index (χ1v) is 9.02. The fourth-order valence-corrected chi connectivity index (χ4v) is 2.47. The molecule has 0 bridgehead atoms. The van der Waals surface area contributed by atoms with E-state index in [0.717, 1.165) is 16.8 Å². The second-order valence-electron chi connectivity index (χ2n) is 6.34. The molecule has 2 aromatic carbocycles. The van der Waals surface area contributed by atoms with Gasteiger partial charge in [-0.2, -0.15) is 0 Å². The lowest BCUT2D eigenvalue weighted by atomic mass is 10.1. The fraction of sp³-hybridized carbons (Fsp3) is 0.238. The van der Waals surface area contributed by atoms with Crippen LogP contribution in [-0.4, -0.2) is 30.3 Å². The maximum atomic E-state index is 12.0. The van der Waals surface area contributed by atoms with Gasteiger partial charge in [-0.25, -0.2) is 0 Å². The Morgan fingerprint density at radius 2 is 1.45 bits per heavy atom. The molecule has 8 heteroatoms. The Morgan fingerprint density at radius 3 is 2.10 bits per heavy atom. The summed E-state index contributed by atoms with van der Waals surface area (Å²) in [6.45, 7) is 3.20. The van der Waals surface area contributed by atoms with Gasteiger partial charge in [0, 0.05) is 17.7 Å². The monoisotopic (exact) mass is 397 g/mol. The molecule has 0 saturated carbocycles. The Bertz CT molecular complexity index is 876. The number of carbonyl (C=O) groups is 4. The van der Waals surface area contributed by atoms with E-state index in [0.29, 0.717) is 5.56 Å². The number of hydrazine groups is 1. The Morgan fingerprint density at radius 1 is 0.793 bits per heavy atom. The third kappa shape index (κ3) is 7.10. The minimum atomic E-state index is -0.692. The number of nitrogens with one attached hydrogen (secondary N) is 3. The molecule has 0 aliphatic rings. The van der Waals surface area contributed by atoms with Gasteiger partial charge >= 0.3 is 5.97 Å². The van der Waals surface area contributed by atoms with E-state index in [9.17, 15) is 19.2 Å². The smallest absolute Gasteiger partial charge is 0.306 e. The van der Waals surface area contributed by atoms with E-state index < -0.39 is 24.4 Å². The van der Waals surface area contributed by atoms with Gasteiger partial charge in [-0.1, -0.05) is 36.4 Å². The first-order chi connectivity index (χ1) is 13.9. The topological polar surface area (TPSA) is 114 Å². The largest absolute Gasteiger partial charge is 0.455 e. The summed E-state index contributed by atoms with van der Waals surface area (Å²) in [6.07, 6.45) is -0.237. The molecule has 152 valence electrons. The van der Waals surface area contributed by atoms with E-state index in [1.807, 2.05) is 32.0 Å². The summed E-state index contributed by atoms with van der Waals surface area (Å²) in [7, 11) is 0. The molecule has 0 saturated heterocycles. The molecule has 0 fully saturated rings. The zero-order valence-electron chi connectivity index (χ0n) is 16.3. The van der Waals surface area contributed by atoms with Crippen molar-refractivity contribution in [3.63, 3.8) is 0 Å². The Balaban J connectivity index is 1.66. The van der Waals surface area contributed by atoms with Crippen LogP contribution in [0.25, 0.3) is 0 Å². The quantitative estimate of drug-likeness (QED) is 0.489. The summed E-state index contributed by atoms with van der Waals surface area (Å²) in [5.41, 5.74) is 7.32. The summed E-state index contributed by atoms with van der Waals surface area (Å²) < 4.78 is 4.81. The molecule has 2 rings (SSSR count). The van der Waals surface area contributed by atoms with Crippen LogP contribution in [0.3, 0.4) is 0 Å². The van der Waals surface area contributed by atoms with Gasteiger partial charge in [-0.3, -0.25) is 30.0 Å². The summed E-state index contributed by atoms with van der Waals surface area (Å²) in [6, 6.07) is 14.0. The number of esters is 1. The lowest BCUT2D eigenvalue weighted by molar-refractivity contribution is -0.149. The Kier molecular flexibility index (Phi) is 7.90. The second-order valence-corrected chi connectivity index (χ2v) is 6.34. The van der Waals surface area contributed by atoms with Gasteiger partial charge in [0.05, 0.1) is 6.42 Å². The van der Waals surface area contributed by atoms with Crippen molar-refractivity contribution in [2.75, 3.05) is 11.9 Å². The molecule has 0 aliphatic carbocycles. The van der Waals surface area contributed by atoms with Gasteiger partial charge < -0.3 is 10.1 Å². The number of carbonyl (C=O) groups excluding carboxylic acids is 4. The normalized spacial score (nSPS) is 10.0. The van der Waals surface area contributed by atoms with Crippen molar-refractivity contribution in [3.05, 3.63) is 65.2 Å². The SMILES string of the molecule is Cc1cccc(C)c1NC(=O)CCC(=O)OCC(=O)NNC(=O)c1ccccc1. The van der Waals surface area contributed by atoms with E-state index in [-0.39, 0.29) is 18.7 Å². The molecule has 0 aliphatic heterocycles. The van der Waals surface area contributed by atoms with Crippen LogP contribution in [0.1, 0.15) is 34.3 Å². The third-order valence-electron chi connectivity index (χ3n) is 4.02. The minimum Gasteiger partial charge on any atom is -0.455 e. The molecule has 3 N–H and O–H groups in total. The maximum absolute atomic E-state index is 12.0. The van der Waals surface area contributed by atoms with E-state index in [4.69, 9.17) is 4.74 Å². The van der Waals surface area contributed by atoms with E-state index >= 15 is 0 Å². The minimum absolute atomic E-state index is 0.0705. The number of aryl methyl sites for hydroxylation is 2. The molecular formula is C21H23N3O5. The van der Waals surface area contributed by atoms with Gasteiger partial charge in [-0.15, -0.1) is 0 Å². The molecule has 3 amide bonds. The van der Waals surface area contributed by atoms with Gasteiger partial charge in [-0.05, 0) is 37.1 Å². The molecule has 0 spiro atoms. The number of rotatable bonds is 7. The number of hydrogen-bond donors (Lipinski definition) is 3. The highest BCUT2D eigenvalue weighted by Crippen LogP contribution is 2.19. The van der Waals surface area contributed by atoms with E-state index in [2.05, 4.69) is 16.2 Å². The number of hydrogen-bond acceptors (Lipinski definition) is 5. The number of para-hydroxylation sites is 1. The maximum Gasteiger partial charge on any atom is 0.306 e. The molecule has 0 atom stereocenters. The second kappa shape index (κ2) is 10.6. The molecular weight excluding hydrogens is 374 g/mol. The number of ether oxygens (including phenoxy) is 1. The standard InChI is InChI=1S/C21H23N3O5/c1-14-7-6-8-15(2)20(14)22-17(25)11-12-19(27)29-13-18(26)23-24-21(28)16-9-4-3-5-10-16/h3-10H,11-13H2,1-2H3,(H,22,25)(H,23,26)(H,24,28). The predicted octanol–water partition coefficient (Wildman–Crippen LogP) is 2.03. The number of amides is 3.